The summed E-state index contributed by atoms with van der Waals surface area (Å²) in [7, 11) is 0. The van der Waals surface area contributed by atoms with Crippen molar-refractivity contribution >= 4 is 35.0 Å². The van der Waals surface area contributed by atoms with E-state index >= 15 is 0 Å². The Labute approximate surface area is 188 Å². The predicted octanol–water partition coefficient (Wildman–Crippen LogP) is 5.40. The first kappa shape index (κ1) is 22.6. The lowest BCUT2D eigenvalue weighted by Crippen LogP contribution is -2.51. The summed E-state index contributed by atoms with van der Waals surface area (Å²) in [5.41, 5.74) is 1.57. The SMILES string of the molecule is CC[C@H](C(=O)NC1CCCC1)N(Cc1c(Cl)cccc1Cl)C(=O)Cc1ccccc1. The molecule has 0 unspecified atom stereocenters. The highest BCUT2D eigenvalue weighted by molar-refractivity contribution is 6.36. The van der Waals surface area contributed by atoms with Crippen molar-refractivity contribution in [3.63, 3.8) is 0 Å². The summed E-state index contributed by atoms with van der Waals surface area (Å²) >= 11 is 12.8. The van der Waals surface area contributed by atoms with E-state index in [1.807, 2.05) is 37.3 Å². The summed E-state index contributed by atoms with van der Waals surface area (Å²) in [4.78, 5) is 28.1. The van der Waals surface area contributed by atoms with Crippen LogP contribution in [0.15, 0.2) is 48.5 Å². The number of halogens is 2. The molecule has 2 amide bonds. The van der Waals surface area contributed by atoms with Crippen molar-refractivity contribution < 1.29 is 9.59 Å². The minimum atomic E-state index is -0.575. The van der Waals surface area contributed by atoms with Crippen molar-refractivity contribution in [1.82, 2.24) is 10.2 Å². The minimum absolute atomic E-state index is 0.103. The van der Waals surface area contributed by atoms with Crippen LogP contribution in [0.2, 0.25) is 10.0 Å². The number of hydrogen-bond acceptors (Lipinski definition) is 2. The van der Waals surface area contributed by atoms with E-state index in [9.17, 15) is 9.59 Å². The highest BCUT2D eigenvalue weighted by Crippen LogP contribution is 2.27. The first-order valence-electron chi connectivity index (χ1n) is 10.6. The number of hydrogen-bond donors (Lipinski definition) is 1. The maximum atomic E-state index is 13.3. The molecular weight excluding hydrogens is 419 g/mol. The molecule has 160 valence electrons. The second kappa shape index (κ2) is 10.8. The maximum Gasteiger partial charge on any atom is 0.243 e. The molecule has 1 aliphatic carbocycles. The second-order valence-corrected chi connectivity index (χ2v) is 8.61. The van der Waals surface area contributed by atoms with Gasteiger partial charge in [-0.05, 0) is 37.0 Å². The summed E-state index contributed by atoms with van der Waals surface area (Å²) in [5.74, 6) is -0.223. The van der Waals surface area contributed by atoms with Gasteiger partial charge in [-0.15, -0.1) is 0 Å². The molecule has 0 radical (unpaired) electrons. The number of nitrogens with one attached hydrogen (secondary N) is 1. The number of carbonyl (C=O) groups is 2. The van der Waals surface area contributed by atoms with Crippen LogP contribution < -0.4 is 5.32 Å². The van der Waals surface area contributed by atoms with E-state index in [0.717, 1.165) is 31.2 Å². The summed E-state index contributed by atoms with van der Waals surface area (Å²) in [6.07, 6.45) is 4.99. The zero-order valence-corrected chi connectivity index (χ0v) is 18.8. The quantitative estimate of drug-likeness (QED) is 0.589. The maximum absolute atomic E-state index is 13.3. The first-order chi connectivity index (χ1) is 14.5. The van der Waals surface area contributed by atoms with Crippen LogP contribution in [0.5, 0.6) is 0 Å². The van der Waals surface area contributed by atoms with Crippen LogP contribution in [0.25, 0.3) is 0 Å². The molecule has 0 aliphatic heterocycles. The molecule has 3 rings (SSSR count). The standard InChI is InChI=1S/C24H28Cl2N2O2/c1-2-22(24(30)27-18-11-6-7-12-18)28(16-19-20(25)13-8-14-21(19)26)23(29)15-17-9-4-3-5-10-17/h3-5,8-10,13-14,18,22H,2,6-7,11-12,15-16H2,1H3,(H,27,30)/t22-/m1/s1. The van der Waals surface area contributed by atoms with E-state index in [2.05, 4.69) is 5.32 Å². The minimum Gasteiger partial charge on any atom is -0.352 e. The predicted molar refractivity (Wildman–Crippen MR) is 122 cm³/mol. The Bertz CT molecular complexity index is 847. The summed E-state index contributed by atoms with van der Waals surface area (Å²) < 4.78 is 0. The number of benzene rings is 2. The topological polar surface area (TPSA) is 49.4 Å². The van der Waals surface area contributed by atoms with Crippen LogP contribution in [0.3, 0.4) is 0 Å². The molecule has 0 heterocycles. The molecule has 2 aromatic carbocycles. The zero-order valence-electron chi connectivity index (χ0n) is 17.2. The lowest BCUT2D eigenvalue weighted by molar-refractivity contribution is -0.141. The van der Waals surface area contributed by atoms with Crippen LogP contribution in [-0.2, 0) is 22.6 Å². The van der Waals surface area contributed by atoms with E-state index in [4.69, 9.17) is 23.2 Å². The van der Waals surface area contributed by atoms with Gasteiger partial charge in [0.2, 0.25) is 11.8 Å². The average molecular weight is 447 g/mol. The van der Waals surface area contributed by atoms with E-state index in [-0.39, 0.29) is 30.8 Å². The summed E-state index contributed by atoms with van der Waals surface area (Å²) in [6.45, 7) is 2.12. The van der Waals surface area contributed by atoms with Crippen molar-refractivity contribution in [2.45, 2.75) is 64.1 Å². The Kier molecular flexibility index (Phi) is 8.17. The number of nitrogens with zero attached hydrogens (tertiary/aromatic N) is 1. The molecule has 1 aliphatic rings. The smallest absolute Gasteiger partial charge is 0.243 e. The first-order valence-corrected chi connectivity index (χ1v) is 11.3. The Balaban J connectivity index is 1.86. The van der Waals surface area contributed by atoms with Crippen molar-refractivity contribution in [1.29, 1.82) is 0 Å². The second-order valence-electron chi connectivity index (χ2n) is 7.80. The van der Waals surface area contributed by atoms with E-state index in [0.29, 0.717) is 22.0 Å². The van der Waals surface area contributed by atoms with Gasteiger partial charge in [-0.3, -0.25) is 9.59 Å². The van der Waals surface area contributed by atoms with Gasteiger partial charge in [-0.2, -0.15) is 0 Å². The Morgan fingerprint density at radius 1 is 1.03 bits per heavy atom. The summed E-state index contributed by atoms with van der Waals surface area (Å²) in [6, 6.07) is 14.5. The van der Waals surface area contributed by atoms with Crippen molar-refractivity contribution in [3.8, 4) is 0 Å². The Morgan fingerprint density at radius 3 is 2.27 bits per heavy atom. The molecule has 2 aromatic rings. The molecule has 4 nitrogen and oxygen atoms in total. The highest BCUT2D eigenvalue weighted by atomic mass is 35.5. The van der Waals surface area contributed by atoms with Crippen molar-refractivity contribution in [3.05, 3.63) is 69.7 Å². The molecule has 1 saturated carbocycles. The van der Waals surface area contributed by atoms with Crippen LogP contribution in [0.1, 0.15) is 50.2 Å². The molecule has 1 N–H and O–H groups in total. The fraction of sp³-hybridized carbons (Fsp3) is 0.417. The monoisotopic (exact) mass is 446 g/mol. The molecular formula is C24H28Cl2N2O2. The van der Waals surface area contributed by atoms with Gasteiger partial charge in [-0.1, -0.05) is 79.4 Å². The number of carbonyl (C=O) groups excluding carboxylic acids is 2. The van der Waals surface area contributed by atoms with Gasteiger partial charge in [0.05, 0.1) is 6.42 Å². The normalized spacial score (nSPS) is 15.0. The van der Waals surface area contributed by atoms with Crippen LogP contribution in [0, 0.1) is 0 Å². The lowest BCUT2D eigenvalue weighted by Gasteiger charge is -2.32. The highest BCUT2D eigenvalue weighted by Gasteiger charge is 2.31. The van der Waals surface area contributed by atoms with Gasteiger partial charge in [0.25, 0.3) is 0 Å². The lowest BCUT2D eigenvalue weighted by atomic mass is 10.1. The molecule has 6 heteroatoms. The molecule has 30 heavy (non-hydrogen) atoms. The van der Waals surface area contributed by atoms with E-state index < -0.39 is 6.04 Å². The number of amides is 2. The third-order valence-electron chi connectivity index (χ3n) is 5.68. The third-order valence-corrected chi connectivity index (χ3v) is 6.38. The molecule has 0 spiro atoms. The van der Waals surface area contributed by atoms with E-state index in [1.165, 1.54) is 0 Å². The third kappa shape index (κ3) is 5.77. The van der Waals surface area contributed by atoms with Gasteiger partial charge in [-0.25, -0.2) is 0 Å². The van der Waals surface area contributed by atoms with Crippen LogP contribution in [-0.4, -0.2) is 28.8 Å². The van der Waals surface area contributed by atoms with Gasteiger partial charge in [0.1, 0.15) is 6.04 Å². The number of rotatable bonds is 8. The Hall–Kier alpha value is -2.04. The molecule has 0 aromatic heterocycles. The fourth-order valence-electron chi connectivity index (χ4n) is 4.01. The largest absolute Gasteiger partial charge is 0.352 e. The van der Waals surface area contributed by atoms with Crippen molar-refractivity contribution in [2.24, 2.45) is 0 Å². The Morgan fingerprint density at radius 2 is 1.67 bits per heavy atom. The fourth-order valence-corrected chi connectivity index (χ4v) is 4.53. The van der Waals surface area contributed by atoms with Gasteiger partial charge >= 0.3 is 0 Å². The molecule has 1 fully saturated rings. The van der Waals surface area contributed by atoms with Crippen LogP contribution in [0.4, 0.5) is 0 Å². The van der Waals surface area contributed by atoms with E-state index in [1.54, 1.807) is 23.1 Å². The van der Waals surface area contributed by atoms with Gasteiger partial charge in [0.15, 0.2) is 0 Å². The summed E-state index contributed by atoms with van der Waals surface area (Å²) in [5, 5.41) is 4.13. The molecule has 1 atom stereocenters. The zero-order chi connectivity index (χ0) is 21.5. The molecule has 0 bridgehead atoms. The van der Waals surface area contributed by atoms with Crippen LogP contribution >= 0.6 is 23.2 Å². The van der Waals surface area contributed by atoms with Crippen molar-refractivity contribution in [2.75, 3.05) is 0 Å². The average Bonchev–Trinajstić information content (AvgIpc) is 3.23. The van der Waals surface area contributed by atoms with Gasteiger partial charge in [0, 0.05) is 28.2 Å². The molecule has 0 saturated heterocycles. The van der Waals surface area contributed by atoms with Gasteiger partial charge < -0.3 is 10.2 Å².